The number of thiocarbonyl (C=S) groups is 1. The summed E-state index contributed by atoms with van der Waals surface area (Å²) >= 11 is 7.24. The highest BCUT2D eigenvalue weighted by Gasteiger charge is 2.78. The van der Waals surface area contributed by atoms with Crippen LogP contribution in [0, 0.1) is 0 Å². The van der Waals surface area contributed by atoms with Gasteiger partial charge in [0.1, 0.15) is 14.8 Å². The number of benzene rings is 2. The van der Waals surface area contributed by atoms with E-state index in [1.165, 1.54) is 11.8 Å². The van der Waals surface area contributed by atoms with Gasteiger partial charge in [0.05, 0.1) is 13.7 Å². The molecule has 6 rings (SSSR count). The van der Waals surface area contributed by atoms with Gasteiger partial charge in [0.2, 0.25) is 5.91 Å². The smallest absolute Gasteiger partial charge is 0.254 e. The molecule has 9 heteroatoms. The number of carbonyl (C=O) groups is 2. The molecule has 2 aromatic carbocycles. The van der Waals surface area contributed by atoms with E-state index in [1.54, 1.807) is 36.4 Å². The maximum Gasteiger partial charge on any atom is 0.254 e. The van der Waals surface area contributed by atoms with E-state index < -0.39 is 10.3 Å². The van der Waals surface area contributed by atoms with Crippen molar-refractivity contribution in [2.45, 2.75) is 22.7 Å². The van der Waals surface area contributed by atoms with Crippen LogP contribution in [0.4, 0.5) is 5.69 Å². The highest BCUT2D eigenvalue weighted by molar-refractivity contribution is 8.25. The summed E-state index contributed by atoms with van der Waals surface area (Å²) in [6.07, 6.45) is 3.47. The molecule has 3 aromatic rings. The molecule has 1 unspecified atom stereocenters. The Balaban J connectivity index is 1.60. The first-order valence-corrected chi connectivity index (χ1v) is 13.3. The summed E-state index contributed by atoms with van der Waals surface area (Å²) in [6.45, 7) is 0.853. The minimum atomic E-state index is -1.27. The van der Waals surface area contributed by atoms with Gasteiger partial charge in [-0.1, -0.05) is 54.3 Å². The number of hydrogen-bond donors (Lipinski definition) is 0. The molecule has 2 spiro atoms. The van der Waals surface area contributed by atoms with Crippen molar-refractivity contribution in [3.05, 3.63) is 89.7 Å². The van der Waals surface area contributed by atoms with Gasteiger partial charge in [0.15, 0.2) is 5.54 Å². The third-order valence-corrected chi connectivity index (χ3v) is 9.89. The standard InChI is InChI=1S/C28H26N4O3S2/c1-30-17-22(19-11-13-29-14-12-19)28(25(34)32(26(36)37-28)16-18-7-5-4-6-8-18)27(30)21-15-20(35-3)9-10-23(21)31(2)24(27)33/h4-15,22H,16-17H2,1-3H3/t22?,27-,28+/m1/s1. The van der Waals surface area contributed by atoms with Gasteiger partial charge in [-0.2, -0.15) is 0 Å². The first-order chi connectivity index (χ1) is 17.9. The number of thioether (sulfide) groups is 1. The summed E-state index contributed by atoms with van der Waals surface area (Å²) in [5.41, 5.74) is 2.21. The molecular formula is C28H26N4O3S2. The minimum absolute atomic E-state index is 0.139. The van der Waals surface area contributed by atoms with Gasteiger partial charge in [0, 0.05) is 43.2 Å². The molecule has 2 saturated heterocycles. The number of nitrogens with zero attached hydrogens (tertiary/aromatic N) is 4. The molecule has 7 nitrogen and oxygen atoms in total. The topological polar surface area (TPSA) is 66.0 Å². The number of ether oxygens (including phenoxy) is 1. The Hall–Kier alpha value is -3.27. The van der Waals surface area contributed by atoms with Crippen molar-refractivity contribution in [1.29, 1.82) is 0 Å². The fraction of sp³-hybridized carbons (Fsp3) is 0.286. The minimum Gasteiger partial charge on any atom is -0.497 e. The van der Waals surface area contributed by atoms with Crippen molar-refractivity contribution in [3.8, 4) is 5.75 Å². The maximum absolute atomic E-state index is 14.8. The fourth-order valence-electron chi connectivity index (χ4n) is 6.30. The largest absolute Gasteiger partial charge is 0.497 e. The number of anilines is 1. The lowest BCUT2D eigenvalue weighted by Crippen LogP contribution is -2.62. The van der Waals surface area contributed by atoms with Crippen LogP contribution < -0.4 is 9.64 Å². The number of amides is 2. The van der Waals surface area contributed by atoms with Crippen molar-refractivity contribution in [2.75, 3.05) is 32.6 Å². The molecule has 188 valence electrons. The average molecular weight is 531 g/mol. The molecule has 2 fully saturated rings. The quantitative estimate of drug-likeness (QED) is 0.476. The van der Waals surface area contributed by atoms with E-state index in [0.29, 0.717) is 23.2 Å². The SMILES string of the molecule is COc1ccc2c(c1)[C@]1(C(=O)N2C)N(C)CC(c2ccncc2)[C@@]12SC(=S)N(Cc1ccccc1)C2=O. The van der Waals surface area contributed by atoms with E-state index >= 15 is 0 Å². The Bertz CT molecular complexity index is 1420. The Morgan fingerprint density at radius 3 is 2.49 bits per heavy atom. The second-order valence-corrected chi connectivity index (χ2v) is 11.5. The zero-order valence-corrected chi connectivity index (χ0v) is 22.4. The highest BCUT2D eigenvalue weighted by Crippen LogP contribution is 2.66. The number of hydrogen-bond acceptors (Lipinski definition) is 7. The third kappa shape index (κ3) is 3.11. The predicted octanol–water partition coefficient (Wildman–Crippen LogP) is 3.79. The highest BCUT2D eigenvalue weighted by atomic mass is 32.2. The molecule has 0 radical (unpaired) electrons. The number of aromatic nitrogens is 1. The van der Waals surface area contributed by atoms with Crippen LogP contribution in [0.25, 0.3) is 0 Å². The van der Waals surface area contributed by atoms with E-state index in [9.17, 15) is 9.59 Å². The fourth-order valence-corrected chi connectivity index (χ4v) is 8.43. The molecule has 37 heavy (non-hydrogen) atoms. The second kappa shape index (κ2) is 8.65. The van der Waals surface area contributed by atoms with E-state index in [2.05, 4.69) is 4.98 Å². The lowest BCUT2D eigenvalue weighted by molar-refractivity contribution is -0.139. The Labute approximate surface area is 225 Å². The average Bonchev–Trinajstić information content (AvgIpc) is 3.43. The number of likely N-dealkylation sites (tertiary alicyclic amines) is 1. The number of pyridine rings is 1. The summed E-state index contributed by atoms with van der Waals surface area (Å²) in [5.74, 6) is 0.0532. The van der Waals surface area contributed by atoms with Gasteiger partial charge in [0.25, 0.3) is 5.91 Å². The lowest BCUT2D eigenvalue weighted by atomic mass is 9.72. The number of carbonyl (C=O) groups excluding carboxylic acids is 2. The van der Waals surface area contributed by atoms with E-state index in [0.717, 1.165) is 22.4 Å². The zero-order valence-electron chi connectivity index (χ0n) is 20.7. The van der Waals surface area contributed by atoms with E-state index in [-0.39, 0.29) is 17.7 Å². The maximum atomic E-state index is 14.8. The van der Waals surface area contributed by atoms with E-state index in [4.69, 9.17) is 17.0 Å². The molecule has 2 amide bonds. The van der Waals surface area contributed by atoms with Crippen LogP contribution in [0.2, 0.25) is 0 Å². The summed E-state index contributed by atoms with van der Waals surface area (Å²) in [6, 6.07) is 19.3. The monoisotopic (exact) mass is 530 g/mol. The summed E-state index contributed by atoms with van der Waals surface area (Å²) < 4.78 is 4.84. The number of likely N-dealkylation sites (N-methyl/N-ethyl adjacent to an activating group) is 2. The Morgan fingerprint density at radius 1 is 1.05 bits per heavy atom. The van der Waals surface area contributed by atoms with E-state index in [1.807, 2.05) is 72.6 Å². The number of rotatable bonds is 4. The number of fused-ring (bicyclic) bond motifs is 3. The molecule has 0 aliphatic carbocycles. The summed E-state index contributed by atoms with van der Waals surface area (Å²) in [5, 5.41) is 0. The van der Waals surface area contributed by atoms with Gasteiger partial charge < -0.3 is 9.64 Å². The van der Waals surface area contributed by atoms with Crippen molar-refractivity contribution < 1.29 is 14.3 Å². The first kappa shape index (κ1) is 24.1. The van der Waals surface area contributed by atoms with Crippen LogP contribution in [0.1, 0.15) is 22.6 Å². The molecule has 3 aliphatic heterocycles. The van der Waals surface area contributed by atoms with Gasteiger partial charge >= 0.3 is 0 Å². The number of methoxy groups -OCH3 is 1. The van der Waals surface area contributed by atoms with Crippen molar-refractivity contribution in [2.24, 2.45) is 0 Å². The van der Waals surface area contributed by atoms with Gasteiger partial charge in [-0.15, -0.1) is 0 Å². The van der Waals surface area contributed by atoms with Crippen molar-refractivity contribution in [1.82, 2.24) is 14.8 Å². The molecule has 0 bridgehead atoms. The van der Waals surface area contributed by atoms with Gasteiger partial charge in [-0.3, -0.25) is 24.4 Å². The van der Waals surface area contributed by atoms with Crippen molar-refractivity contribution in [3.63, 3.8) is 0 Å². The van der Waals surface area contributed by atoms with Crippen LogP contribution in [-0.4, -0.2) is 63.4 Å². The normalized spacial score (nSPS) is 27.1. The van der Waals surface area contributed by atoms with Crippen LogP contribution in [-0.2, 0) is 21.7 Å². The Kier molecular flexibility index (Phi) is 5.63. The van der Waals surface area contributed by atoms with Crippen LogP contribution in [0.3, 0.4) is 0 Å². The predicted molar refractivity (Wildman–Crippen MR) is 148 cm³/mol. The van der Waals surface area contributed by atoms with Gasteiger partial charge in [-0.25, -0.2) is 0 Å². The van der Waals surface area contributed by atoms with Crippen molar-refractivity contribution >= 4 is 45.8 Å². The molecule has 1 aromatic heterocycles. The molecule has 0 N–H and O–H groups in total. The van der Waals surface area contributed by atoms with Gasteiger partial charge in [-0.05, 0) is 48.5 Å². The molecule has 0 saturated carbocycles. The zero-order chi connectivity index (χ0) is 25.9. The molecular weight excluding hydrogens is 504 g/mol. The third-order valence-electron chi connectivity index (χ3n) is 7.95. The second-order valence-electron chi connectivity index (χ2n) is 9.65. The first-order valence-electron chi connectivity index (χ1n) is 12.0. The summed E-state index contributed by atoms with van der Waals surface area (Å²) in [4.78, 5) is 38.9. The molecule has 3 aliphatic rings. The van der Waals surface area contributed by atoms with Crippen LogP contribution in [0.5, 0.6) is 5.75 Å². The molecule has 3 atom stereocenters. The summed E-state index contributed by atoms with van der Waals surface area (Å²) in [7, 11) is 5.31. The van der Waals surface area contributed by atoms with Crippen LogP contribution >= 0.6 is 24.0 Å². The molecule has 4 heterocycles. The lowest BCUT2D eigenvalue weighted by Gasteiger charge is -2.42. The Morgan fingerprint density at radius 2 is 1.78 bits per heavy atom. The van der Waals surface area contributed by atoms with Crippen LogP contribution in [0.15, 0.2) is 73.1 Å².